The fourth-order valence-corrected chi connectivity index (χ4v) is 1.73. The molecule has 98 valence electrons. The van der Waals surface area contributed by atoms with Crippen molar-refractivity contribution in [2.45, 2.75) is 73.4 Å². The SMILES string of the molecule is CC(C)(C)C(C)(C)NC(C)(C)C(C)(C)CS. The van der Waals surface area contributed by atoms with Crippen molar-refractivity contribution in [2.24, 2.45) is 10.8 Å². The van der Waals surface area contributed by atoms with E-state index in [1.807, 2.05) is 0 Å². The predicted octanol–water partition coefficient (Wildman–Crippen LogP) is 4.14. The van der Waals surface area contributed by atoms with Crippen LogP contribution in [0.2, 0.25) is 0 Å². The molecule has 0 bridgehead atoms. The van der Waals surface area contributed by atoms with Crippen LogP contribution in [0.1, 0.15) is 62.3 Å². The van der Waals surface area contributed by atoms with E-state index in [-0.39, 0.29) is 21.9 Å². The van der Waals surface area contributed by atoms with Gasteiger partial charge in [-0.05, 0) is 44.3 Å². The highest BCUT2D eigenvalue weighted by atomic mass is 32.1. The molecule has 0 aromatic heterocycles. The molecule has 0 atom stereocenters. The summed E-state index contributed by atoms with van der Waals surface area (Å²) in [4.78, 5) is 0. The van der Waals surface area contributed by atoms with Crippen LogP contribution in [-0.4, -0.2) is 16.8 Å². The van der Waals surface area contributed by atoms with Gasteiger partial charge < -0.3 is 5.32 Å². The summed E-state index contributed by atoms with van der Waals surface area (Å²) in [7, 11) is 0. The molecule has 0 spiro atoms. The van der Waals surface area contributed by atoms with Gasteiger partial charge in [0, 0.05) is 11.1 Å². The van der Waals surface area contributed by atoms with Gasteiger partial charge in [0.05, 0.1) is 0 Å². The molecular formula is C14H31NS. The Morgan fingerprint density at radius 1 is 0.750 bits per heavy atom. The highest BCUT2D eigenvalue weighted by Gasteiger charge is 2.43. The zero-order chi connectivity index (χ0) is 13.4. The molecule has 0 saturated carbocycles. The van der Waals surface area contributed by atoms with Gasteiger partial charge in [0.1, 0.15) is 0 Å². The second-order valence-electron chi connectivity index (χ2n) is 7.67. The first-order valence-corrected chi connectivity index (χ1v) is 6.80. The van der Waals surface area contributed by atoms with Crippen molar-refractivity contribution in [1.29, 1.82) is 0 Å². The summed E-state index contributed by atoms with van der Waals surface area (Å²) in [6.45, 7) is 20.5. The van der Waals surface area contributed by atoms with Gasteiger partial charge in [0.25, 0.3) is 0 Å². The maximum absolute atomic E-state index is 4.48. The van der Waals surface area contributed by atoms with Crippen LogP contribution in [0.3, 0.4) is 0 Å². The minimum atomic E-state index is 0.0610. The van der Waals surface area contributed by atoms with Gasteiger partial charge in [-0.3, -0.25) is 0 Å². The third-order valence-electron chi connectivity index (χ3n) is 4.59. The van der Waals surface area contributed by atoms with E-state index < -0.39 is 0 Å². The monoisotopic (exact) mass is 245 g/mol. The van der Waals surface area contributed by atoms with Gasteiger partial charge in [0.15, 0.2) is 0 Å². The standard InChI is InChI=1S/C14H31NS/c1-11(2,3)13(6,7)15-14(8,9)12(4,5)10-16/h15-16H,10H2,1-9H3. The van der Waals surface area contributed by atoms with Gasteiger partial charge in [-0.25, -0.2) is 0 Å². The van der Waals surface area contributed by atoms with Gasteiger partial charge >= 0.3 is 0 Å². The molecule has 2 heteroatoms. The zero-order valence-corrected chi connectivity index (χ0v) is 13.5. The summed E-state index contributed by atoms with van der Waals surface area (Å²) < 4.78 is 0. The van der Waals surface area contributed by atoms with E-state index in [1.54, 1.807) is 0 Å². The second-order valence-corrected chi connectivity index (χ2v) is 7.98. The van der Waals surface area contributed by atoms with E-state index in [0.29, 0.717) is 0 Å². The molecule has 0 heterocycles. The van der Waals surface area contributed by atoms with Gasteiger partial charge in [-0.1, -0.05) is 34.6 Å². The Kier molecular flexibility index (Phi) is 4.62. The molecule has 0 aliphatic heterocycles. The molecule has 0 aromatic rings. The molecule has 0 aliphatic rings. The van der Waals surface area contributed by atoms with Crippen molar-refractivity contribution >= 4 is 12.6 Å². The fourth-order valence-electron chi connectivity index (χ4n) is 1.34. The lowest BCUT2D eigenvalue weighted by atomic mass is 9.70. The van der Waals surface area contributed by atoms with Crippen molar-refractivity contribution in [1.82, 2.24) is 5.32 Å². The molecule has 0 fully saturated rings. The van der Waals surface area contributed by atoms with Crippen LogP contribution in [0.5, 0.6) is 0 Å². The van der Waals surface area contributed by atoms with Gasteiger partial charge in [0.2, 0.25) is 0 Å². The number of hydrogen-bond acceptors (Lipinski definition) is 2. The van der Waals surface area contributed by atoms with Crippen molar-refractivity contribution in [3.05, 3.63) is 0 Å². The molecule has 16 heavy (non-hydrogen) atoms. The Morgan fingerprint density at radius 3 is 1.38 bits per heavy atom. The molecule has 0 aliphatic carbocycles. The maximum Gasteiger partial charge on any atom is 0.0189 e. The van der Waals surface area contributed by atoms with Crippen molar-refractivity contribution in [3.8, 4) is 0 Å². The molecule has 1 N–H and O–H groups in total. The van der Waals surface area contributed by atoms with Crippen LogP contribution in [0.4, 0.5) is 0 Å². The fraction of sp³-hybridized carbons (Fsp3) is 1.00. The van der Waals surface area contributed by atoms with E-state index in [1.165, 1.54) is 0 Å². The van der Waals surface area contributed by atoms with E-state index in [9.17, 15) is 0 Å². The van der Waals surface area contributed by atoms with Crippen LogP contribution in [-0.2, 0) is 0 Å². The Hall–Kier alpha value is 0.310. The molecule has 0 saturated heterocycles. The minimum absolute atomic E-state index is 0.0610. The molecule has 1 nitrogen and oxygen atoms in total. The Balaban J connectivity index is 4.99. The third-order valence-corrected chi connectivity index (χ3v) is 5.38. The van der Waals surface area contributed by atoms with Crippen LogP contribution in [0.15, 0.2) is 0 Å². The topological polar surface area (TPSA) is 12.0 Å². The third kappa shape index (κ3) is 3.40. The summed E-state index contributed by atoms with van der Waals surface area (Å²) in [5.41, 5.74) is 0.553. The van der Waals surface area contributed by atoms with Crippen molar-refractivity contribution in [2.75, 3.05) is 5.75 Å². The number of rotatable bonds is 4. The molecule has 0 aromatic carbocycles. The Labute approximate surface area is 108 Å². The van der Waals surface area contributed by atoms with Crippen molar-refractivity contribution in [3.63, 3.8) is 0 Å². The molecule has 0 amide bonds. The summed E-state index contributed by atoms with van der Waals surface area (Å²) in [6, 6.07) is 0. The first-order valence-electron chi connectivity index (χ1n) is 6.17. The first-order chi connectivity index (χ1) is 6.77. The zero-order valence-electron chi connectivity index (χ0n) is 12.7. The van der Waals surface area contributed by atoms with Crippen LogP contribution in [0.25, 0.3) is 0 Å². The molecule has 0 unspecified atom stereocenters. The molecular weight excluding hydrogens is 214 g/mol. The maximum atomic E-state index is 4.48. The average molecular weight is 245 g/mol. The Bertz CT molecular complexity index is 234. The summed E-state index contributed by atoms with van der Waals surface area (Å²) in [6.07, 6.45) is 0. The number of nitrogens with one attached hydrogen (secondary N) is 1. The molecule has 0 radical (unpaired) electrons. The summed E-state index contributed by atoms with van der Waals surface area (Å²) >= 11 is 4.48. The quantitative estimate of drug-likeness (QED) is 0.710. The minimum Gasteiger partial charge on any atom is -0.306 e. The van der Waals surface area contributed by atoms with Crippen molar-refractivity contribution < 1.29 is 0 Å². The summed E-state index contributed by atoms with van der Waals surface area (Å²) in [5, 5.41) is 3.81. The second kappa shape index (κ2) is 4.53. The van der Waals surface area contributed by atoms with E-state index in [2.05, 4.69) is 80.3 Å². The van der Waals surface area contributed by atoms with Crippen LogP contribution >= 0.6 is 12.6 Å². The van der Waals surface area contributed by atoms with Crippen LogP contribution in [0, 0.1) is 10.8 Å². The normalized spacial score (nSPS) is 15.4. The predicted molar refractivity (Wildman–Crippen MR) is 78.4 cm³/mol. The lowest BCUT2D eigenvalue weighted by molar-refractivity contribution is 0.0749. The smallest absolute Gasteiger partial charge is 0.0189 e. The number of thiol groups is 1. The molecule has 0 rings (SSSR count). The Morgan fingerprint density at radius 2 is 1.12 bits per heavy atom. The lowest BCUT2D eigenvalue weighted by Gasteiger charge is -2.51. The van der Waals surface area contributed by atoms with E-state index in [4.69, 9.17) is 0 Å². The highest BCUT2D eigenvalue weighted by molar-refractivity contribution is 7.80. The first kappa shape index (κ1) is 16.3. The largest absolute Gasteiger partial charge is 0.306 e. The summed E-state index contributed by atoms with van der Waals surface area (Å²) in [5.74, 6) is 0.882. The average Bonchev–Trinajstić information content (AvgIpc) is 1.99. The highest BCUT2D eigenvalue weighted by Crippen LogP contribution is 2.37. The van der Waals surface area contributed by atoms with Gasteiger partial charge in [-0.2, -0.15) is 12.6 Å². The van der Waals surface area contributed by atoms with Gasteiger partial charge in [-0.15, -0.1) is 0 Å². The van der Waals surface area contributed by atoms with Crippen LogP contribution < -0.4 is 5.32 Å². The van der Waals surface area contributed by atoms with E-state index >= 15 is 0 Å². The van der Waals surface area contributed by atoms with E-state index in [0.717, 1.165) is 5.75 Å². The lowest BCUT2D eigenvalue weighted by Crippen LogP contribution is -2.63. The number of hydrogen-bond donors (Lipinski definition) is 2.